The Kier molecular flexibility index (Phi) is 7.33. The van der Waals surface area contributed by atoms with Gasteiger partial charge in [-0.25, -0.2) is 17.9 Å². The summed E-state index contributed by atoms with van der Waals surface area (Å²) in [4.78, 5) is 17.6. The third-order valence-corrected chi connectivity index (χ3v) is 12.0. The number of fused-ring (bicyclic) bond motifs is 3. The molecular weight excluding hydrogens is 703 g/mol. The molecule has 0 radical (unpaired) electrons. The molecule has 248 valence electrons. The molecule has 8 rings (SSSR count). The van der Waals surface area contributed by atoms with Crippen molar-refractivity contribution in [1.29, 1.82) is 0 Å². The van der Waals surface area contributed by atoms with Gasteiger partial charge in [-0.15, -0.1) is 0 Å². The SMILES string of the molecule is O=S1(=O)NCC2(CCCN(c3nc(OC[C@]45CCCN4C[C@@H](F)C5)nc4c(F)c(-c5cc(O)cc6ccc(F)c(Br)c56)ncc34)C2)N1. The lowest BCUT2D eigenvalue weighted by Crippen LogP contribution is -2.56. The normalized spacial score (nSPS) is 27.3. The molecule has 0 amide bonds. The van der Waals surface area contributed by atoms with E-state index in [0.29, 0.717) is 48.9 Å². The van der Waals surface area contributed by atoms with E-state index in [4.69, 9.17) is 9.72 Å². The van der Waals surface area contributed by atoms with Crippen LogP contribution in [0.1, 0.15) is 32.1 Å². The molecule has 4 aromatic rings. The molecule has 4 saturated heterocycles. The minimum absolute atomic E-state index is 0.0908. The first-order valence-corrected chi connectivity index (χ1v) is 17.8. The summed E-state index contributed by atoms with van der Waals surface area (Å²) >= 11 is 3.28. The number of hydrogen-bond acceptors (Lipinski definition) is 9. The van der Waals surface area contributed by atoms with Crippen LogP contribution < -0.4 is 19.1 Å². The summed E-state index contributed by atoms with van der Waals surface area (Å²) < 4.78 is 82.1. The number of phenolic OH excluding ortho intramolecular Hbond substituents is 1. The summed E-state index contributed by atoms with van der Waals surface area (Å²) in [6, 6.07) is 5.39. The minimum atomic E-state index is -3.66. The molecular formula is C31H31BrF3N7O4S. The average molecular weight is 735 g/mol. The van der Waals surface area contributed by atoms with Crippen LogP contribution in [-0.2, 0) is 10.2 Å². The summed E-state index contributed by atoms with van der Waals surface area (Å²) in [6.07, 6.45) is 3.69. The number of nitrogens with zero attached hydrogens (tertiary/aromatic N) is 5. The number of anilines is 1. The van der Waals surface area contributed by atoms with Crippen LogP contribution in [-0.4, -0.2) is 90.0 Å². The van der Waals surface area contributed by atoms with E-state index < -0.39 is 39.1 Å². The first kappa shape index (κ1) is 31.0. The molecule has 0 saturated carbocycles. The number of rotatable bonds is 5. The second kappa shape index (κ2) is 11.1. The summed E-state index contributed by atoms with van der Waals surface area (Å²) in [5.41, 5.74) is -1.42. The van der Waals surface area contributed by atoms with Gasteiger partial charge in [0.1, 0.15) is 41.4 Å². The maximum Gasteiger partial charge on any atom is 0.319 e. The Labute approximate surface area is 276 Å². The average Bonchev–Trinajstić information content (AvgIpc) is 3.66. The molecule has 2 aromatic carbocycles. The Morgan fingerprint density at radius 1 is 1.15 bits per heavy atom. The third-order valence-electron chi connectivity index (χ3n) is 9.95. The van der Waals surface area contributed by atoms with Gasteiger partial charge in [0.25, 0.3) is 10.2 Å². The zero-order valence-electron chi connectivity index (χ0n) is 25.1. The Morgan fingerprint density at radius 2 is 1.98 bits per heavy atom. The summed E-state index contributed by atoms with van der Waals surface area (Å²) in [7, 11) is -3.66. The van der Waals surface area contributed by atoms with Crippen LogP contribution in [0.25, 0.3) is 32.9 Å². The second-order valence-electron chi connectivity index (χ2n) is 13.1. The smallest absolute Gasteiger partial charge is 0.319 e. The Hall–Kier alpha value is -3.31. The summed E-state index contributed by atoms with van der Waals surface area (Å²) in [6.45, 7) is 2.17. The van der Waals surface area contributed by atoms with Gasteiger partial charge in [-0.05, 0) is 71.7 Å². The lowest BCUT2D eigenvalue weighted by atomic mass is 9.90. The molecule has 1 spiro atoms. The van der Waals surface area contributed by atoms with Crippen LogP contribution in [0.3, 0.4) is 0 Å². The molecule has 3 atom stereocenters. The molecule has 1 unspecified atom stereocenters. The van der Waals surface area contributed by atoms with E-state index in [1.54, 1.807) is 0 Å². The van der Waals surface area contributed by atoms with Crippen LogP contribution in [0.4, 0.5) is 19.0 Å². The molecule has 16 heteroatoms. The van der Waals surface area contributed by atoms with Crippen molar-refractivity contribution in [3.05, 3.63) is 46.6 Å². The highest BCUT2D eigenvalue weighted by Gasteiger charge is 2.49. The Morgan fingerprint density at radius 3 is 2.79 bits per heavy atom. The number of hydrogen-bond donors (Lipinski definition) is 3. The maximum absolute atomic E-state index is 16.8. The molecule has 47 heavy (non-hydrogen) atoms. The predicted molar refractivity (Wildman–Crippen MR) is 172 cm³/mol. The van der Waals surface area contributed by atoms with Crippen molar-refractivity contribution in [2.45, 2.75) is 49.4 Å². The topological polar surface area (TPSA) is 133 Å². The Bertz CT molecular complexity index is 2060. The molecule has 0 bridgehead atoms. The molecule has 11 nitrogen and oxygen atoms in total. The minimum Gasteiger partial charge on any atom is -0.508 e. The number of piperidine rings is 1. The van der Waals surface area contributed by atoms with E-state index in [9.17, 15) is 22.3 Å². The quantitative estimate of drug-likeness (QED) is 0.274. The van der Waals surface area contributed by atoms with Crippen molar-refractivity contribution in [2.24, 2.45) is 0 Å². The molecule has 3 N–H and O–H groups in total. The Balaban J connectivity index is 1.26. The van der Waals surface area contributed by atoms with E-state index in [0.717, 1.165) is 19.4 Å². The van der Waals surface area contributed by atoms with Crippen LogP contribution in [0.2, 0.25) is 0 Å². The number of alkyl halides is 1. The van der Waals surface area contributed by atoms with Gasteiger partial charge in [0.2, 0.25) is 0 Å². The lowest BCUT2D eigenvalue weighted by molar-refractivity contribution is 0.107. The highest BCUT2D eigenvalue weighted by Crippen LogP contribution is 2.43. The lowest BCUT2D eigenvalue weighted by Gasteiger charge is -2.40. The van der Waals surface area contributed by atoms with Crippen LogP contribution in [0.5, 0.6) is 11.8 Å². The zero-order valence-corrected chi connectivity index (χ0v) is 27.5. The monoisotopic (exact) mass is 733 g/mol. The van der Waals surface area contributed by atoms with E-state index >= 15 is 4.39 Å². The molecule has 2 aromatic heterocycles. The molecule has 0 aliphatic carbocycles. The fourth-order valence-electron chi connectivity index (χ4n) is 7.86. The van der Waals surface area contributed by atoms with Crippen molar-refractivity contribution in [1.82, 2.24) is 29.3 Å². The van der Waals surface area contributed by atoms with Crippen molar-refractivity contribution in [3.63, 3.8) is 0 Å². The zero-order chi connectivity index (χ0) is 32.7. The third kappa shape index (κ3) is 5.28. The number of aromatic nitrogens is 3. The van der Waals surface area contributed by atoms with Crippen LogP contribution in [0.15, 0.2) is 34.9 Å². The van der Waals surface area contributed by atoms with Gasteiger partial charge in [0, 0.05) is 49.7 Å². The fraction of sp³-hybridized carbons (Fsp3) is 0.452. The standard InChI is InChI=1S/C31H31BrF3N7O4S/c32-24-22(34)4-3-17-9-19(43)10-20(23(17)24)26-25(35)27-21(12-36-26)28(41-7-1-5-30(15-41)14-37-47(44,45)40-30)39-29(38-27)46-16-31-6-2-8-42(31)13-18(33)11-31/h3-4,9-10,12,18,37,40,43H,1-2,5-8,11,13-16H2/t18-,30?,31+/m0/s1. The fourth-order valence-corrected chi connectivity index (χ4v) is 9.78. The van der Waals surface area contributed by atoms with Crippen LogP contribution >= 0.6 is 15.9 Å². The van der Waals surface area contributed by atoms with Gasteiger partial charge >= 0.3 is 6.01 Å². The largest absolute Gasteiger partial charge is 0.508 e. The second-order valence-corrected chi connectivity index (χ2v) is 15.4. The van der Waals surface area contributed by atoms with Gasteiger partial charge in [0.15, 0.2) is 5.82 Å². The number of phenols is 1. The van der Waals surface area contributed by atoms with Crippen molar-refractivity contribution >= 4 is 53.6 Å². The van der Waals surface area contributed by atoms with Gasteiger partial charge < -0.3 is 14.7 Å². The van der Waals surface area contributed by atoms with Gasteiger partial charge in [-0.3, -0.25) is 9.88 Å². The first-order chi connectivity index (χ1) is 22.4. The highest BCUT2D eigenvalue weighted by molar-refractivity contribution is 9.10. The summed E-state index contributed by atoms with van der Waals surface area (Å²) in [5.74, 6) is -1.24. The van der Waals surface area contributed by atoms with Crippen molar-refractivity contribution in [3.8, 4) is 23.0 Å². The first-order valence-electron chi connectivity index (χ1n) is 15.5. The maximum atomic E-state index is 16.8. The molecule has 6 heterocycles. The van der Waals surface area contributed by atoms with Crippen molar-refractivity contribution in [2.75, 3.05) is 44.2 Å². The summed E-state index contributed by atoms with van der Waals surface area (Å²) in [5, 5.41) is 11.6. The predicted octanol–water partition coefficient (Wildman–Crippen LogP) is 4.32. The molecule has 4 aliphatic rings. The van der Waals surface area contributed by atoms with Gasteiger partial charge in [-0.2, -0.15) is 23.1 Å². The van der Waals surface area contributed by atoms with E-state index in [1.807, 2.05) is 4.90 Å². The van der Waals surface area contributed by atoms with E-state index in [-0.39, 0.29) is 58.1 Å². The number of aromatic hydroxyl groups is 1. The molecule has 4 aliphatic heterocycles. The molecule has 4 fully saturated rings. The van der Waals surface area contributed by atoms with E-state index in [1.165, 1.54) is 30.5 Å². The van der Waals surface area contributed by atoms with E-state index in [2.05, 4.69) is 40.2 Å². The van der Waals surface area contributed by atoms with Gasteiger partial charge in [0.05, 0.1) is 20.9 Å². The van der Waals surface area contributed by atoms with Gasteiger partial charge in [-0.1, -0.05) is 6.07 Å². The van der Waals surface area contributed by atoms with Crippen LogP contribution in [0, 0.1) is 11.6 Å². The number of benzene rings is 2. The number of pyridine rings is 1. The highest BCUT2D eigenvalue weighted by atomic mass is 79.9. The number of nitrogens with one attached hydrogen (secondary N) is 2. The number of ether oxygens (including phenoxy) is 1. The number of halogens is 4. The van der Waals surface area contributed by atoms with Crippen molar-refractivity contribution < 1.29 is 31.4 Å².